The molecule has 0 aliphatic rings. The van der Waals surface area contributed by atoms with Gasteiger partial charge in [0.25, 0.3) is 15.9 Å². The van der Waals surface area contributed by atoms with Crippen LogP contribution in [0, 0.1) is 13.8 Å². The molecule has 0 aliphatic carbocycles. The maximum absolute atomic E-state index is 13.5. The van der Waals surface area contributed by atoms with Crippen molar-refractivity contribution >= 4 is 39.4 Å². The standard InChI is InChI=1S/C29H29ClN4O4S/c1-4-38-27-16-14-25(15-17-27)33(39(36,37)28-8-6-5-7-9-28)20-29(35)32-31-19-23-18-21(2)34(22(23)3)26-12-10-24(30)11-13-26/h5-19H,4,20H2,1-3H3,(H,32,35)/b31-19+. The van der Waals surface area contributed by atoms with Crippen molar-refractivity contribution < 1.29 is 17.9 Å². The normalized spacial score (nSPS) is 11.5. The first-order chi connectivity index (χ1) is 18.7. The molecule has 0 aliphatic heterocycles. The molecule has 0 unspecified atom stereocenters. The molecular formula is C29H29ClN4O4S. The summed E-state index contributed by atoms with van der Waals surface area (Å²) < 4.78 is 35.5. The van der Waals surface area contributed by atoms with E-state index in [4.69, 9.17) is 16.3 Å². The third-order valence-corrected chi connectivity index (χ3v) is 8.04. The van der Waals surface area contributed by atoms with Gasteiger partial charge < -0.3 is 9.30 Å². The topological polar surface area (TPSA) is 93.0 Å². The Hall–Kier alpha value is -4.08. The molecule has 0 fully saturated rings. The van der Waals surface area contributed by atoms with E-state index in [1.807, 2.05) is 51.1 Å². The highest BCUT2D eigenvalue weighted by molar-refractivity contribution is 7.92. The maximum atomic E-state index is 13.5. The van der Waals surface area contributed by atoms with E-state index >= 15 is 0 Å². The van der Waals surface area contributed by atoms with Crippen LogP contribution < -0.4 is 14.5 Å². The highest BCUT2D eigenvalue weighted by Crippen LogP contribution is 2.26. The SMILES string of the molecule is CCOc1ccc(N(CC(=O)N/N=C/c2cc(C)n(-c3ccc(Cl)cc3)c2C)S(=O)(=O)c2ccccc2)cc1. The Morgan fingerprint density at radius 3 is 2.33 bits per heavy atom. The van der Waals surface area contributed by atoms with Crippen LogP contribution in [0.4, 0.5) is 5.69 Å². The number of anilines is 1. The molecule has 202 valence electrons. The molecule has 0 radical (unpaired) electrons. The number of hydrogen-bond donors (Lipinski definition) is 1. The second kappa shape index (κ2) is 12.2. The molecule has 0 bridgehead atoms. The van der Waals surface area contributed by atoms with Crippen molar-refractivity contribution in [3.05, 3.63) is 107 Å². The minimum absolute atomic E-state index is 0.0739. The number of nitrogens with one attached hydrogen (secondary N) is 1. The quantitative estimate of drug-likeness (QED) is 0.203. The Labute approximate surface area is 233 Å². The lowest BCUT2D eigenvalue weighted by Crippen LogP contribution is -2.39. The molecule has 8 nitrogen and oxygen atoms in total. The molecule has 0 atom stereocenters. The van der Waals surface area contributed by atoms with E-state index in [-0.39, 0.29) is 4.90 Å². The minimum atomic E-state index is -4.03. The van der Waals surface area contributed by atoms with Gasteiger partial charge in [-0.15, -0.1) is 0 Å². The molecule has 0 saturated heterocycles. The van der Waals surface area contributed by atoms with Crippen molar-refractivity contribution in [2.24, 2.45) is 5.10 Å². The fourth-order valence-electron chi connectivity index (χ4n) is 4.16. The third-order valence-electron chi connectivity index (χ3n) is 6.00. The number of rotatable bonds is 10. The van der Waals surface area contributed by atoms with Gasteiger partial charge in [0, 0.05) is 27.7 Å². The summed E-state index contributed by atoms with van der Waals surface area (Å²) >= 11 is 6.02. The van der Waals surface area contributed by atoms with Crippen LogP contribution in [0.3, 0.4) is 0 Å². The van der Waals surface area contributed by atoms with E-state index in [1.54, 1.807) is 48.7 Å². The van der Waals surface area contributed by atoms with Crippen molar-refractivity contribution in [3.63, 3.8) is 0 Å². The van der Waals surface area contributed by atoms with Crippen LogP contribution in [0.2, 0.25) is 5.02 Å². The van der Waals surface area contributed by atoms with Gasteiger partial charge in [0.1, 0.15) is 12.3 Å². The molecule has 10 heteroatoms. The fraction of sp³-hybridized carbons (Fsp3) is 0.172. The number of amides is 1. The van der Waals surface area contributed by atoms with Gasteiger partial charge in [-0.25, -0.2) is 13.8 Å². The van der Waals surface area contributed by atoms with Crippen molar-refractivity contribution in [2.75, 3.05) is 17.5 Å². The van der Waals surface area contributed by atoms with Gasteiger partial charge in [-0.2, -0.15) is 5.10 Å². The molecule has 1 N–H and O–H groups in total. The molecule has 1 heterocycles. The first-order valence-electron chi connectivity index (χ1n) is 12.3. The lowest BCUT2D eigenvalue weighted by molar-refractivity contribution is -0.119. The number of carbonyl (C=O) groups excluding carboxylic acids is 1. The number of ether oxygens (including phenoxy) is 1. The smallest absolute Gasteiger partial charge is 0.264 e. The number of benzene rings is 3. The number of aromatic nitrogens is 1. The van der Waals surface area contributed by atoms with Crippen molar-refractivity contribution in [1.29, 1.82) is 0 Å². The average Bonchev–Trinajstić information content (AvgIpc) is 3.21. The summed E-state index contributed by atoms with van der Waals surface area (Å²) in [6, 6.07) is 24.0. The zero-order valence-corrected chi connectivity index (χ0v) is 23.4. The lowest BCUT2D eigenvalue weighted by atomic mass is 10.2. The Balaban J connectivity index is 1.54. The number of aryl methyl sites for hydroxylation is 1. The summed E-state index contributed by atoms with van der Waals surface area (Å²) in [5.41, 5.74) is 6.46. The molecular weight excluding hydrogens is 536 g/mol. The molecule has 4 rings (SSSR count). The highest BCUT2D eigenvalue weighted by Gasteiger charge is 2.27. The van der Waals surface area contributed by atoms with Crippen molar-refractivity contribution in [2.45, 2.75) is 25.7 Å². The third kappa shape index (κ3) is 6.50. The van der Waals surface area contributed by atoms with Gasteiger partial charge in [-0.3, -0.25) is 9.10 Å². The monoisotopic (exact) mass is 564 g/mol. The molecule has 0 saturated carbocycles. The summed E-state index contributed by atoms with van der Waals surface area (Å²) in [6.45, 7) is 5.80. The minimum Gasteiger partial charge on any atom is -0.494 e. The van der Waals surface area contributed by atoms with Gasteiger partial charge in [0.05, 0.1) is 23.4 Å². The molecule has 0 spiro atoms. The van der Waals surface area contributed by atoms with Gasteiger partial charge in [0.15, 0.2) is 0 Å². The van der Waals surface area contributed by atoms with Crippen LogP contribution in [0.5, 0.6) is 5.75 Å². The van der Waals surface area contributed by atoms with E-state index in [0.29, 0.717) is 23.1 Å². The summed E-state index contributed by atoms with van der Waals surface area (Å²) in [5, 5.41) is 4.76. The van der Waals surface area contributed by atoms with Crippen LogP contribution in [-0.4, -0.2) is 38.3 Å². The number of nitrogens with zero attached hydrogens (tertiary/aromatic N) is 3. The second-order valence-electron chi connectivity index (χ2n) is 8.68. The van der Waals surface area contributed by atoms with Crippen LogP contribution in [-0.2, 0) is 14.8 Å². The van der Waals surface area contributed by atoms with Gasteiger partial charge in [-0.1, -0.05) is 29.8 Å². The highest BCUT2D eigenvalue weighted by atomic mass is 35.5. The lowest BCUT2D eigenvalue weighted by Gasteiger charge is -2.24. The number of hydrogen-bond acceptors (Lipinski definition) is 5. The number of sulfonamides is 1. The molecule has 1 aromatic heterocycles. The summed E-state index contributed by atoms with van der Waals surface area (Å²) in [7, 11) is -4.03. The molecule has 1 amide bonds. The summed E-state index contributed by atoms with van der Waals surface area (Å²) in [6.07, 6.45) is 1.54. The van der Waals surface area contributed by atoms with E-state index in [0.717, 1.165) is 26.9 Å². The second-order valence-corrected chi connectivity index (χ2v) is 11.0. The first-order valence-corrected chi connectivity index (χ1v) is 14.1. The predicted octanol–water partition coefficient (Wildman–Crippen LogP) is 5.49. The van der Waals surface area contributed by atoms with Gasteiger partial charge >= 0.3 is 0 Å². The van der Waals surface area contributed by atoms with E-state index in [2.05, 4.69) is 15.1 Å². The largest absolute Gasteiger partial charge is 0.494 e. The van der Waals surface area contributed by atoms with Gasteiger partial charge in [0.2, 0.25) is 0 Å². The van der Waals surface area contributed by atoms with Crippen molar-refractivity contribution in [1.82, 2.24) is 9.99 Å². The average molecular weight is 565 g/mol. The van der Waals surface area contributed by atoms with E-state index in [9.17, 15) is 13.2 Å². The predicted molar refractivity (Wildman–Crippen MR) is 155 cm³/mol. The maximum Gasteiger partial charge on any atom is 0.264 e. The Kier molecular flexibility index (Phi) is 8.73. The van der Waals surface area contributed by atoms with E-state index < -0.39 is 22.5 Å². The van der Waals surface area contributed by atoms with E-state index in [1.165, 1.54) is 12.1 Å². The molecule has 3 aromatic carbocycles. The fourth-order valence-corrected chi connectivity index (χ4v) is 5.72. The first kappa shape index (κ1) is 27.9. The number of halogens is 1. The Bertz CT molecular complexity index is 1570. The Morgan fingerprint density at radius 1 is 1.03 bits per heavy atom. The van der Waals surface area contributed by atoms with Gasteiger partial charge in [-0.05, 0) is 87.5 Å². The van der Waals surface area contributed by atoms with Crippen LogP contribution >= 0.6 is 11.6 Å². The zero-order valence-electron chi connectivity index (χ0n) is 21.8. The summed E-state index contributed by atoms with van der Waals surface area (Å²) in [4.78, 5) is 13.0. The molecule has 4 aromatic rings. The van der Waals surface area contributed by atoms with Crippen LogP contribution in [0.15, 0.2) is 94.9 Å². The number of carbonyl (C=O) groups is 1. The van der Waals surface area contributed by atoms with Crippen LogP contribution in [0.25, 0.3) is 5.69 Å². The zero-order chi connectivity index (χ0) is 28.0. The van der Waals surface area contributed by atoms with Crippen LogP contribution in [0.1, 0.15) is 23.9 Å². The Morgan fingerprint density at radius 2 is 1.69 bits per heavy atom. The number of hydrazone groups is 1. The summed E-state index contributed by atoms with van der Waals surface area (Å²) in [5.74, 6) is 0.00899. The van der Waals surface area contributed by atoms with Crippen molar-refractivity contribution in [3.8, 4) is 11.4 Å². The molecule has 39 heavy (non-hydrogen) atoms.